The van der Waals surface area contributed by atoms with Gasteiger partial charge in [-0.25, -0.2) is 0 Å². The van der Waals surface area contributed by atoms with Crippen molar-refractivity contribution in [1.82, 2.24) is 4.90 Å². The van der Waals surface area contributed by atoms with Gasteiger partial charge in [-0.3, -0.25) is 0 Å². The number of nitrogens with two attached hydrogens (primary N) is 1. The zero-order chi connectivity index (χ0) is 5.98. The zero-order valence-corrected chi connectivity index (χ0v) is 7.65. The van der Waals surface area contributed by atoms with E-state index in [0.29, 0.717) is 0 Å². The van der Waals surface area contributed by atoms with Crippen molar-refractivity contribution in [3.8, 4) is 0 Å². The molecule has 2 N–H and O–H groups in total. The van der Waals surface area contributed by atoms with Crippen molar-refractivity contribution in [2.24, 2.45) is 5.73 Å². The first-order chi connectivity index (χ1) is 3.80. The van der Waals surface area contributed by atoms with E-state index in [9.17, 15) is 0 Å². The molecule has 1 unspecified atom stereocenters. The van der Waals surface area contributed by atoms with Crippen LogP contribution in [0.5, 0.6) is 0 Å². The Morgan fingerprint density at radius 2 is 2.11 bits per heavy atom. The van der Waals surface area contributed by atoms with Crippen molar-refractivity contribution in [3.05, 3.63) is 24.4 Å². The average molecular weight is 238 g/mol. The summed E-state index contributed by atoms with van der Waals surface area (Å²) in [4.78, 5) is 1.94. The Morgan fingerprint density at radius 3 is 2.44 bits per heavy atom. The van der Waals surface area contributed by atoms with Gasteiger partial charge in [0.15, 0.2) is 0 Å². The fourth-order valence-electron chi connectivity index (χ4n) is 0.599. The maximum Gasteiger partial charge on any atom is 0.0956 e. The molecule has 1 rings (SSSR count). The molecular formula is C6H11IN2. The summed E-state index contributed by atoms with van der Waals surface area (Å²) in [5.41, 5.74) is 5.57. The summed E-state index contributed by atoms with van der Waals surface area (Å²) >= 11 is 0. The molecule has 3 heteroatoms. The van der Waals surface area contributed by atoms with Gasteiger partial charge < -0.3 is 10.6 Å². The van der Waals surface area contributed by atoms with E-state index in [0.717, 1.165) is 0 Å². The van der Waals surface area contributed by atoms with Crippen molar-refractivity contribution in [2.45, 2.75) is 6.17 Å². The van der Waals surface area contributed by atoms with Crippen molar-refractivity contribution in [2.75, 3.05) is 7.05 Å². The molecule has 1 heterocycles. The second kappa shape index (κ2) is 3.90. The fourth-order valence-corrected chi connectivity index (χ4v) is 0.599. The van der Waals surface area contributed by atoms with Crippen molar-refractivity contribution < 1.29 is 0 Å². The van der Waals surface area contributed by atoms with Gasteiger partial charge >= 0.3 is 0 Å². The lowest BCUT2D eigenvalue weighted by Crippen LogP contribution is -2.34. The van der Waals surface area contributed by atoms with E-state index in [2.05, 4.69) is 0 Å². The molecule has 0 amide bonds. The molecule has 0 fully saturated rings. The van der Waals surface area contributed by atoms with Crippen LogP contribution in [0.4, 0.5) is 0 Å². The van der Waals surface area contributed by atoms with Crippen molar-refractivity contribution in [1.29, 1.82) is 0 Å². The van der Waals surface area contributed by atoms with Crippen molar-refractivity contribution in [3.63, 3.8) is 0 Å². The topological polar surface area (TPSA) is 29.3 Å². The zero-order valence-electron chi connectivity index (χ0n) is 5.32. The first kappa shape index (κ1) is 8.97. The standard InChI is InChI=1S/C6H10N2.HI/c1-8-5-3-2-4-6(8)7;/h2-6H,7H2,1H3;1H. The van der Waals surface area contributed by atoms with Crippen LogP contribution in [0.1, 0.15) is 0 Å². The Bertz CT molecular complexity index is 115. The lowest BCUT2D eigenvalue weighted by molar-refractivity contribution is 0.389. The average Bonchev–Trinajstić information content (AvgIpc) is 1.77. The predicted molar refractivity (Wildman–Crippen MR) is 49.4 cm³/mol. The van der Waals surface area contributed by atoms with E-state index in [1.54, 1.807) is 0 Å². The SMILES string of the molecule is CN1C=CC=CC1N.I. The number of halogens is 1. The van der Waals surface area contributed by atoms with Gasteiger partial charge in [0.1, 0.15) is 0 Å². The number of allylic oxidation sites excluding steroid dienone is 2. The molecule has 0 aromatic carbocycles. The van der Waals surface area contributed by atoms with Crippen LogP contribution in [-0.4, -0.2) is 18.1 Å². The maximum atomic E-state index is 5.57. The van der Waals surface area contributed by atoms with Crippen LogP contribution >= 0.6 is 24.0 Å². The Balaban J connectivity index is 0.000000640. The molecule has 1 aliphatic heterocycles. The molecule has 1 atom stereocenters. The summed E-state index contributed by atoms with van der Waals surface area (Å²) in [6, 6.07) is 0. The van der Waals surface area contributed by atoms with Gasteiger partial charge in [0.25, 0.3) is 0 Å². The van der Waals surface area contributed by atoms with Gasteiger partial charge in [0.2, 0.25) is 0 Å². The van der Waals surface area contributed by atoms with E-state index in [1.165, 1.54) is 0 Å². The van der Waals surface area contributed by atoms with Crippen LogP contribution in [0.25, 0.3) is 0 Å². The molecule has 0 radical (unpaired) electrons. The number of hydrogen-bond acceptors (Lipinski definition) is 2. The third-order valence-corrected chi connectivity index (χ3v) is 1.21. The third-order valence-electron chi connectivity index (χ3n) is 1.21. The van der Waals surface area contributed by atoms with Gasteiger partial charge in [0.05, 0.1) is 6.17 Å². The first-order valence-electron chi connectivity index (χ1n) is 2.63. The largest absolute Gasteiger partial charge is 0.362 e. The summed E-state index contributed by atoms with van der Waals surface area (Å²) in [6.45, 7) is 0. The predicted octanol–water partition coefficient (Wildman–Crippen LogP) is 0.905. The van der Waals surface area contributed by atoms with Gasteiger partial charge in [-0.2, -0.15) is 0 Å². The molecule has 52 valence electrons. The van der Waals surface area contributed by atoms with Crippen LogP contribution in [-0.2, 0) is 0 Å². The van der Waals surface area contributed by atoms with E-state index in [4.69, 9.17) is 5.73 Å². The van der Waals surface area contributed by atoms with Crippen LogP contribution in [0.3, 0.4) is 0 Å². The summed E-state index contributed by atoms with van der Waals surface area (Å²) in [7, 11) is 1.95. The molecular weight excluding hydrogens is 227 g/mol. The molecule has 0 saturated carbocycles. The molecule has 9 heavy (non-hydrogen) atoms. The minimum atomic E-state index is 0. The van der Waals surface area contributed by atoms with Gasteiger partial charge in [0, 0.05) is 13.2 Å². The number of nitrogens with zero attached hydrogens (tertiary/aromatic N) is 1. The minimum absolute atomic E-state index is 0. The number of hydrogen-bond donors (Lipinski definition) is 1. The lowest BCUT2D eigenvalue weighted by Gasteiger charge is -2.21. The Hall–Kier alpha value is -0.0300. The van der Waals surface area contributed by atoms with Crippen LogP contribution in [0.15, 0.2) is 24.4 Å². The monoisotopic (exact) mass is 238 g/mol. The van der Waals surface area contributed by atoms with E-state index in [1.807, 2.05) is 36.4 Å². The minimum Gasteiger partial charge on any atom is -0.362 e. The molecule has 1 aliphatic rings. The first-order valence-corrected chi connectivity index (χ1v) is 2.63. The Morgan fingerprint density at radius 1 is 1.44 bits per heavy atom. The molecule has 0 bridgehead atoms. The number of likely N-dealkylation sites (N-methyl/N-ethyl adjacent to an activating group) is 1. The van der Waals surface area contributed by atoms with Crippen LogP contribution in [0, 0.1) is 0 Å². The van der Waals surface area contributed by atoms with Crippen LogP contribution in [0.2, 0.25) is 0 Å². The third kappa shape index (κ3) is 2.36. The quantitative estimate of drug-likeness (QED) is 0.635. The maximum absolute atomic E-state index is 5.57. The smallest absolute Gasteiger partial charge is 0.0956 e. The lowest BCUT2D eigenvalue weighted by atomic mass is 10.3. The van der Waals surface area contributed by atoms with E-state index < -0.39 is 0 Å². The highest BCUT2D eigenvalue weighted by molar-refractivity contribution is 14.0. The summed E-state index contributed by atoms with van der Waals surface area (Å²) in [5.74, 6) is 0. The summed E-state index contributed by atoms with van der Waals surface area (Å²) < 4.78 is 0. The molecule has 0 saturated heterocycles. The molecule has 0 aromatic heterocycles. The van der Waals surface area contributed by atoms with Crippen molar-refractivity contribution >= 4 is 24.0 Å². The molecule has 0 spiro atoms. The second-order valence-electron chi connectivity index (χ2n) is 1.88. The molecule has 0 aliphatic carbocycles. The normalized spacial score (nSPS) is 23.8. The highest BCUT2D eigenvalue weighted by atomic mass is 127. The molecule has 2 nitrogen and oxygen atoms in total. The highest BCUT2D eigenvalue weighted by Gasteiger charge is 2.00. The van der Waals surface area contributed by atoms with Gasteiger partial charge in [-0.1, -0.05) is 6.08 Å². The van der Waals surface area contributed by atoms with Crippen LogP contribution < -0.4 is 5.73 Å². The van der Waals surface area contributed by atoms with Gasteiger partial charge in [-0.05, 0) is 12.2 Å². The Kier molecular flexibility index (Phi) is 3.88. The Labute approximate surface area is 72.4 Å². The second-order valence-corrected chi connectivity index (χ2v) is 1.88. The highest BCUT2D eigenvalue weighted by Crippen LogP contribution is 1.97. The van der Waals surface area contributed by atoms with E-state index >= 15 is 0 Å². The summed E-state index contributed by atoms with van der Waals surface area (Å²) in [6.07, 6.45) is 7.87. The number of rotatable bonds is 0. The fraction of sp³-hybridized carbons (Fsp3) is 0.333. The van der Waals surface area contributed by atoms with E-state index in [-0.39, 0.29) is 30.1 Å². The summed E-state index contributed by atoms with van der Waals surface area (Å²) in [5, 5.41) is 0. The van der Waals surface area contributed by atoms with Gasteiger partial charge in [-0.15, -0.1) is 24.0 Å². The molecule has 0 aromatic rings.